The zero-order chi connectivity index (χ0) is 23.5. The molecule has 0 radical (unpaired) electrons. The molecular formula is C26H23BrN2O4. The molecule has 4 rings (SSSR count). The highest BCUT2D eigenvalue weighted by molar-refractivity contribution is 9.10. The molecule has 6 nitrogen and oxygen atoms in total. The number of carbonyl (C=O) groups is 2. The number of aliphatic hydroxyl groups is 1. The van der Waals surface area contributed by atoms with Gasteiger partial charge in [0.2, 0.25) is 0 Å². The van der Waals surface area contributed by atoms with Crippen LogP contribution >= 0.6 is 15.9 Å². The molecule has 1 aliphatic rings. The second kappa shape index (κ2) is 9.58. The number of hydrogen-bond donors (Lipinski definition) is 1. The molecule has 1 aliphatic heterocycles. The first-order valence-corrected chi connectivity index (χ1v) is 11.3. The van der Waals surface area contributed by atoms with E-state index in [0.29, 0.717) is 11.3 Å². The Labute approximate surface area is 200 Å². The quantitative estimate of drug-likeness (QED) is 0.280. The van der Waals surface area contributed by atoms with E-state index in [9.17, 15) is 14.7 Å². The minimum Gasteiger partial charge on any atom is -0.507 e. The normalized spacial score (nSPS) is 17.6. The lowest BCUT2D eigenvalue weighted by Gasteiger charge is -2.25. The number of amides is 1. The number of likely N-dealkylation sites (tertiary alicyclic amines) is 1. The van der Waals surface area contributed by atoms with Crippen molar-refractivity contribution in [1.29, 1.82) is 0 Å². The van der Waals surface area contributed by atoms with Gasteiger partial charge >= 0.3 is 0 Å². The predicted octanol–water partition coefficient (Wildman–Crippen LogP) is 5.25. The van der Waals surface area contributed by atoms with Crippen molar-refractivity contribution in [3.63, 3.8) is 0 Å². The SMILES string of the molecule is CC(C)Oc1ccc(C(O)=C2C(=O)C(=O)N(Cc3cccnc3)[C@@H]2c2ccc(Br)cc2)cc1. The fourth-order valence-electron chi connectivity index (χ4n) is 3.84. The molecule has 1 atom stereocenters. The van der Waals surface area contributed by atoms with Gasteiger partial charge in [0.05, 0.1) is 17.7 Å². The Kier molecular flexibility index (Phi) is 6.60. The van der Waals surface area contributed by atoms with Crippen LogP contribution < -0.4 is 4.74 Å². The molecule has 1 amide bonds. The molecular weight excluding hydrogens is 484 g/mol. The predicted molar refractivity (Wildman–Crippen MR) is 128 cm³/mol. The monoisotopic (exact) mass is 506 g/mol. The summed E-state index contributed by atoms with van der Waals surface area (Å²) in [4.78, 5) is 31.8. The second-order valence-electron chi connectivity index (χ2n) is 8.03. The third-order valence-corrected chi connectivity index (χ3v) is 5.83. The molecule has 2 aromatic carbocycles. The number of Topliss-reactive ketones (excluding diaryl/α,β-unsaturated/α-hetero) is 1. The molecule has 1 saturated heterocycles. The number of hydrogen-bond acceptors (Lipinski definition) is 5. The topological polar surface area (TPSA) is 79.7 Å². The standard InChI is InChI=1S/C26H23BrN2O4/c1-16(2)33-21-11-7-19(8-12-21)24(30)22-23(18-5-9-20(27)10-6-18)29(26(32)25(22)31)15-17-4-3-13-28-14-17/h3-14,16,23,30H,15H2,1-2H3/t23-/m1/s1. The van der Waals surface area contributed by atoms with Gasteiger partial charge in [0.15, 0.2) is 0 Å². The van der Waals surface area contributed by atoms with Gasteiger partial charge in [0, 0.05) is 29.0 Å². The molecule has 33 heavy (non-hydrogen) atoms. The first-order chi connectivity index (χ1) is 15.8. The van der Waals surface area contributed by atoms with E-state index in [4.69, 9.17) is 4.74 Å². The highest BCUT2D eigenvalue weighted by Gasteiger charge is 2.46. The molecule has 1 fully saturated rings. The van der Waals surface area contributed by atoms with Crippen molar-refractivity contribution in [2.24, 2.45) is 0 Å². The zero-order valence-corrected chi connectivity index (χ0v) is 19.8. The van der Waals surface area contributed by atoms with E-state index in [1.54, 1.807) is 42.7 Å². The molecule has 0 aliphatic carbocycles. The lowest BCUT2D eigenvalue weighted by molar-refractivity contribution is -0.140. The van der Waals surface area contributed by atoms with Gasteiger partial charge < -0.3 is 14.7 Å². The summed E-state index contributed by atoms with van der Waals surface area (Å²) in [5.41, 5.74) is 2.01. The summed E-state index contributed by atoms with van der Waals surface area (Å²) in [7, 11) is 0. The van der Waals surface area contributed by atoms with Gasteiger partial charge in [-0.15, -0.1) is 0 Å². The molecule has 1 N–H and O–H groups in total. The van der Waals surface area contributed by atoms with Crippen LogP contribution in [0.1, 0.15) is 36.6 Å². The number of ether oxygens (including phenoxy) is 1. The molecule has 0 bridgehead atoms. The molecule has 2 heterocycles. The van der Waals surface area contributed by atoms with Crippen LogP contribution in [0.2, 0.25) is 0 Å². The van der Waals surface area contributed by atoms with E-state index in [-0.39, 0.29) is 24.0 Å². The number of halogens is 1. The maximum absolute atomic E-state index is 13.1. The number of rotatable bonds is 6. The maximum Gasteiger partial charge on any atom is 0.295 e. The number of benzene rings is 2. The molecule has 1 aromatic heterocycles. The van der Waals surface area contributed by atoms with Crippen LogP contribution in [0.3, 0.4) is 0 Å². The largest absolute Gasteiger partial charge is 0.507 e. The van der Waals surface area contributed by atoms with Crippen LogP contribution in [0.15, 0.2) is 83.1 Å². The number of aliphatic hydroxyl groups excluding tert-OH is 1. The van der Waals surface area contributed by atoms with Gasteiger partial charge in [0.25, 0.3) is 11.7 Å². The summed E-state index contributed by atoms with van der Waals surface area (Å²) in [5, 5.41) is 11.2. The number of pyridine rings is 1. The van der Waals surface area contributed by atoms with Crippen molar-refractivity contribution >= 4 is 33.4 Å². The van der Waals surface area contributed by atoms with E-state index in [0.717, 1.165) is 15.6 Å². The number of carbonyl (C=O) groups excluding carboxylic acids is 2. The fraction of sp³-hybridized carbons (Fsp3) is 0.192. The summed E-state index contributed by atoms with van der Waals surface area (Å²) in [6, 6.07) is 17.1. The van der Waals surface area contributed by atoms with Gasteiger partial charge in [-0.3, -0.25) is 14.6 Å². The molecule has 7 heteroatoms. The van der Waals surface area contributed by atoms with Gasteiger partial charge in [-0.1, -0.05) is 34.1 Å². The Bertz CT molecular complexity index is 1190. The van der Waals surface area contributed by atoms with Crippen molar-refractivity contribution < 1.29 is 19.4 Å². The average molecular weight is 507 g/mol. The Morgan fingerprint density at radius 2 is 1.79 bits per heavy atom. The average Bonchev–Trinajstić information content (AvgIpc) is 3.05. The third-order valence-electron chi connectivity index (χ3n) is 5.30. The Morgan fingerprint density at radius 1 is 1.09 bits per heavy atom. The molecule has 3 aromatic rings. The molecule has 168 valence electrons. The maximum atomic E-state index is 13.1. The summed E-state index contributed by atoms with van der Waals surface area (Å²) < 4.78 is 6.53. The first kappa shape index (κ1) is 22.7. The van der Waals surface area contributed by atoms with Crippen molar-refractivity contribution in [2.45, 2.75) is 32.5 Å². The van der Waals surface area contributed by atoms with Gasteiger partial charge in [-0.25, -0.2) is 0 Å². The lowest BCUT2D eigenvalue weighted by Crippen LogP contribution is -2.29. The van der Waals surface area contributed by atoms with E-state index in [2.05, 4.69) is 20.9 Å². The van der Waals surface area contributed by atoms with Gasteiger partial charge in [-0.05, 0) is 67.4 Å². The van der Waals surface area contributed by atoms with Crippen LogP contribution in [-0.2, 0) is 16.1 Å². The minimum atomic E-state index is -0.732. The highest BCUT2D eigenvalue weighted by Crippen LogP contribution is 2.40. The molecule has 0 saturated carbocycles. The second-order valence-corrected chi connectivity index (χ2v) is 8.95. The molecule has 0 spiro atoms. The number of aromatic nitrogens is 1. The van der Waals surface area contributed by atoms with Crippen LogP contribution in [0.25, 0.3) is 5.76 Å². The minimum absolute atomic E-state index is 0.0136. The van der Waals surface area contributed by atoms with Gasteiger partial charge in [0.1, 0.15) is 11.5 Å². The van der Waals surface area contributed by atoms with E-state index < -0.39 is 17.7 Å². The van der Waals surface area contributed by atoms with Crippen molar-refractivity contribution in [2.75, 3.05) is 0 Å². The summed E-state index contributed by atoms with van der Waals surface area (Å²) in [6.45, 7) is 4.04. The zero-order valence-electron chi connectivity index (χ0n) is 18.2. The van der Waals surface area contributed by atoms with Gasteiger partial charge in [-0.2, -0.15) is 0 Å². The summed E-state index contributed by atoms with van der Waals surface area (Å²) in [6.07, 6.45) is 3.32. The van der Waals surface area contributed by atoms with E-state index in [1.807, 2.05) is 44.2 Å². The van der Waals surface area contributed by atoms with Crippen molar-refractivity contribution in [3.8, 4) is 5.75 Å². The van der Waals surface area contributed by atoms with Crippen LogP contribution in [0.5, 0.6) is 5.75 Å². The fourth-order valence-corrected chi connectivity index (χ4v) is 4.11. The van der Waals surface area contributed by atoms with Crippen LogP contribution in [0.4, 0.5) is 0 Å². The highest BCUT2D eigenvalue weighted by atomic mass is 79.9. The molecule has 0 unspecified atom stereocenters. The first-order valence-electron chi connectivity index (χ1n) is 10.5. The third kappa shape index (κ3) is 4.83. The smallest absolute Gasteiger partial charge is 0.295 e. The summed E-state index contributed by atoms with van der Waals surface area (Å²) >= 11 is 3.42. The van der Waals surface area contributed by atoms with E-state index >= 15 is 0 Å². The van der Waals surface area contributed by atoms with Crippen molar-refractivity contribution in [1.82, 2.24) is 9.88 Å². The summed E-state index contributed by atoms with van der Waals surface area (Å²) in [5.74, 6) is -0.936. The Balaban J connectivity index is 1.79. The van der Waals surface area contributed by atoms with Crippen molar-refractivity contribution in [3.05, 3.63) is 99.8 Å². The number of ketones is 1. The Hall–Kier alpha value is -3.45. The number of nitrogens with zero attached hydrogens (tertiary/aromatic N) is 2. The lowest BCUT2D eigenvalue weighted by atomic mass is 9.95. The Morgan fingerprint density at radius 3 is 2.39 bits per heavy atom. The van der Waals surface area contributed by atoms with E-state index in [1.165, 1.54) is 4.90 Å². The van der Waals surface area contributed by atoms with Crippen LogP contribution in [-0.4, -0.2) is 32.8 Å². The van der Waals surface area contributed by atoms with Crippen LogP contribution in [0, 0.1) is 0 Å².